The molecule has 0 aliphatic heterocycles. The fourth-order valence-corrected chi connectivity index (χ4v) is 3.92. The molecule has 1 atom stereocenters. The van der Waals surface area contributed by atoms with Crippen LogP contribution in [0.25, 0.3) is 11.4 Å². The Hall–Kier alpha value is -2.47. The Labute approximate surface area is 173 Å². The van der Waals surface area contributed by atoms with Crippen LogP contribution in [-0.2, 0) is 17.6 Å². The van der Waals surface area contributed by atoms with Crippen molar-refractivity contribution in [1.29, 1.82) is 0 Å². The van der Waals surface area contributed by atoms with E-state index < -0.39 is 0 Å². The van der Waals surface area contributed by atoms with Crippen molar-refractivity contribution in [1.82, 2.24) is 19.8 Å². The molecule has 0 spiro atoms. The number of ether oxygens (including phenoxy) is 1. The third kappa shape index (κ3) is 5.32. The van der Waals surface area contributed by atoms with Gasteiger partial charge in [0.05, 0.1) is 12.8 Å². The van der Waals surface area contributed by atoms with Crippen LogP contribution in [0.2, 0.25) is 0 Å². The Morgan fingerprint density at radius 1 is 1.07 bits per heavy atom. The summed E-state index contributed by atoms with van der Waals surface area (Å²) in [6, 6.07) is 9.96. The number of amides is 1. The summed E-state index contributed by atoms with van der Waals surface area (Å²) in [5, 5.41) is 0. The molecule has 1 unspecified atom stereocenters. The molecule has 0 saturated carbocycles. The maximum Gasteiger partial charge on any atom is 0.225 e. The number of benzene rings is 1. The first-order valence-corrected chi connectivity index (χ1v) is 10.4. The molecule has 2 aromatic rings. The zero-order chi connectivity index (χ0) is 20.8. The summed E-state index contributed by atoms with van der Waals surface area (Å²) in [7, 11) is 7.69. The lowest BCUT2D eigenvalue weighted by Crippen LogP contribution is -2.35. The summed E-state index contributed by atoms with van der Waals surface area (Å²) in [5.74, 6) is 1.60. The van der Waals surface area contributed by atoms with Gasteiger partial charge in [0.1, 0.15) is 0 Å². The topological polar surface area (TPSA) is 58.6 Å². The number of methoxy groups -OCH3 is 1. The van der Waals surface area contributed by atoms with Gasteiger partial charge in [0.25, 0.3) is 0 Å². The lowest BCUT2D eigenvalue weighted by atomic mass is 9.98. The number of nitrogens with zero attached hydrogens (tertiary/aromatic N) is 4. The first kappa shape index (κ1) is 21.2. The van der Waals surface area contributed by atoms with E-state index in [2.05, 4.69) is 24.0 Å². The fourth-order valence-electron chi connectivity index (χ4n) is 3.92. The maximum atomic E-state index is 13.0. The van der Waals surface area contributed by atoms with Crippen molar-refractivity contribution in [3.8, 4) is 17.3 Å². The fraction of sp³-hybridized carbons (Fsp3) is 0.522. The minimum atomic E-state index is 0.0263. The van der Waals surface area contributed by atoms with Gasteiger partial charge in [-0.25, -0.2) is 4.98 Å². The van der Waals surface area contributed by atoms with E-state index in [1.165, 1.54) is 0 Å². The first-order chi connectivity index (χ1) is 14.0. The Morgan fingerprint density at radius 3 is 2.48 bits per heavy atom. The number of rotatable bonds is 7. The number of carbonyl (C=O) groups is 1. The molecule has 1 aliphatic rings. The van der Waals surface area contributed by atoms with Crippen molar-refractivity contribution < 1.29 is 9.53 Å². The second-order valence-corrected chi connectivity index (χ2v) is 8.04. The van der Waals surface area contributed by atoms with E-state index in [0.717, 1.165) is 62.0 Å². The number of hydrogen-bond acceptors (Lipinski definition) is 5. The van der Waals surface area contributed by atoms with Crippen molar-refractivity contribution in [3.63, 3.8) is 0 Å². The predicted molar refractivity (Wildman–Crippen MR) is 115 cm³/mol. The molecule has 6 heteroatoms. The SMILES string of the molecule is COc1nc(-c2ccccc2)nc2c1CCC(C(=O)N(C)CCCN(C)C)CC2. The van der Waals surface area contributed by atoms with Gasteiger partial charge in [0.15, 0.2) is 5.82 Å². The molecule has 1 aliphatic carbocycles. The number of hydrogen-bond donors (Lipinski definition) is 0. The van der Waals surface area contributed by atoms with Gasteiger partial charge in [-0.2, -0.15) is 4.98 Å². The van der Waals surface area contributed by atoms with E-state index in [-0.39, 0.29) is 11.8 Å². The molecule has 29 heavy (non-hydrogen) atoms. The molecule has 0 radical (unpaired) electrons. The Kier molecular flexibility index (Phi) is 7.20. The van der Waals surface area contributed by atoms with Crippen LogP contribution in [0.1, 0.15) is 30.5 Å². The molecular formula is C23H32N4O2. The van der Waals surface area contributed by atoms with Crippen molar-refractivity contribution >= 4 is 5.91 Å². The number of aromatic nitrogens is 2. The third-order valence-electron chi connectivity index (χ3n) is 5.58. The minimum absolute atomic E-state index is 0.0263. The van der Waals surface area contributed by atoms with Crippen LogP contribution in [0.3, 0.4) is 0 Å². The summed E-state index contributed by atoms with van der Waals surface area (Å²) < 4.78 is 5.60. The Bertz CT molecular complexity index is 823. The molecule has 1 aromatic heterocycles. The van der Waals surface area contributed by atoms with E-state index in [4.69, 9.17) is 9.72 Å². The highest BCUT2D eigenvalue weighted by molar-refractivity contribution is 5.78. The Balaban J connectivity index is 1.73. The minimum Gasteiger partial charge on any atom is -0.481 e. The molecule has 0 bridgehead atoms. The van der Waals surface area contributed by atoms with E-state index in [9.17, 15) is 4.79 Å². The quantitative estimate of drug-likeness (QED) is 0.673. The molecule has 1 heterocycles. The number of carbonyl (C=O) groups excluding carboxylic acids is 1. The van der Waals surface area contributed by atoms with Crippen LogP contribution >= 0.6 is 0 Å². The molecule has 1 aromatic carbocycles. The number of fused-ring (bicyclic) bond motifs is 1. The van der Waals surface area contributed by atoms with Crippen LogP contribution in [0.15, 0.2) is 30.3 Å². The zero-order valence-electron chi connectivity index (χ0n) is 18.0. The largest absolute Gasteiger partial charge is 0.481 e. The third-order valence-corrected chi connectivity index (χ3v) is 5.58. The van der Waals surface area contributed by atoms with Gasteiger partial charge in [-0.1, -0.05) is 30.3 Å². The van der Waals surface area contributed by atoms with Crippen molar-refractivity contribution in [2.75, 3.05) is 41.3 Å². The highest BCUT2D eigenvalue weighted by Gasteiger charge is 2.28. The van der Waals surface area contributed by atoms with Gasteiger partial charge in [-0.05, 0) is 52.7 Å². The standard InChI is InChI=1S/C23H32N4O2/c1-26(2)15-8-16-27(3)23(28)18-11-13-19-20(14-12-18)24-21(25-22(19)29-4)17-9-6-5-7-10-17/h5-7,9-10,18H,8,11-16H2,1-4H3. The van der Waals surface area contributed by atoms with E-state index in [1.54, 1.807) is 7.11 Å². The summed E-state index contributed by atoms with van der Waals surface area (Å²) in [6.07, 6.45) is 4.17. The first-order valence-electron chi connectivity index (χ1n) is 10.4. The molecular weight excluding hydrogens is 364 g/mol. The molecule has 0 N–H and O–H groups in total. The van der Waals surface area contributed by atoms with Crippen LogP contribution in [-0.4, -0.2) is 67.0 Å². The van der Waals surface area contributed by atoms with E-state index in [0.29, 0.717) is 11.7 Å². The normalized spacial score (nSPS) is 16.2. The summed E-state index contributed by atoms with van der Waals surface area (Å²) in [4.78, 5) is 26.5. The van der Waals surface area contributed by atoms with Gasteiger partial charge in [-0.3, -0.25) is 4.79 Å². The van der Waals surface area contributed by atoms with Crippen LogP contribution < -0.4 is 4.74 Å². The monoisotopic (exact) mass is 396 g/mol. The molecule has 1 amide bonds. The van der Waals surface area contributed by atoms with Crippen molar-refractivity contribution in [2.45, 2.75) is 32.1 Å². The number of aryl methyl sites for hydroxylation is 1. The predicted octanol–water partition coefficient (Wildman–Crippen LogP) is 3.06. The Morgan fingerprint density at radius 2 is 1.79 bits per heavy atom. The highest BCUT2D eigenvalue weighted by Crippen LogP contribution is 2.31. The highest BCUT2D eigenvalue weighted by atomic mass is 16.5. The lowest BCUT2D eigenvalue weighted by molar-refractivity contribution is -0.134. The van der Waals surface area contributed by atoms with Crippen LogP contribution in [0.5, 0.6) is 5.88 Å². The molecule has 3 rings (SSSR count). The molecule has 156 valence electrons. The molecule has 0 fully saturated rings. The second kappa shape index (κ2) is 9.83. The van der Waals surface area contributed by atoms with Crippen molar-refractivity contribution in [3.05, 3.63) is 41.6 Å². The molecule has 0 saturated heterocycles. The van der Waals surface area contributed by atoms with Crippen molar-refractivity contribution in [2.24, 2.45) is 5.92 Å². The second-order valence-electron chi connectivity index (χ2n) is 8.04. The summed E-state index contributed by atoms with van der Waals surface area (Å²) in [6.45, 7) is 1.78. The van der Waals surface area contributed by atoms with E-state index >= 15 is 0 Å². The smallest absolute Gasteiger partial charge is 0.225 e. The summed E-state index contributed by atoms with van der Waals surface area (Å²) >= 11 is 0. The van der Waals surface area contributed by atoms with E-state index in [1.807, 2.05) is 42.3 Å². The van der Waals surface area contributed by atoms with Gasteiger partial charge in [0.2, 0.25) is 11.8 Å². The van der Waals surface area contributed by atoms with Gasteiger partial charge in [0, 0.05) is 30.6 Å². The maximum absolute atomic E-state index is 13.0. The van der Waals surface area contributed by atoms with Gasteiger partial charge < -0.3 is 14.5 Å². The van der Waals surface area contributed by atoms with Gasteiger partial charge >= 0.3 is 0 Å². The molecule has 6 nitrogen and oxygen atoms in total. The van der Waals surface area contributed by atoms with Crippen LogP contribution in [0, 0.1) is 5.92 Å². The average Bonchev–Trinajstić information content (AvgIpc) is 2.95. The lowest BCUT2D eigenvalue weighted by Gasteiger charge is -2.23. The van der Waals surface area contributed by atoms with Gasteiger partial charge in [-0.15, -0.1) is 0 Å². The summed E-state index contributed by atoms with van der Waals surface area (Å²) in [5.41, 5.74) is 3.05. The van der Waals surface area contributed by atoms with Crippen LogP contribution in [0.4, 0.5) is 0 Å². The zero-order valence-corrected chi connectivity index (χ0v) is 18.0. The average molecular weight is 397 g/mol.